The first-order chi connectivity index (χ1) is 9.69. The van der Waals surface area contributed by atoms with E-state index in [0.29, 0.717) is 0 Å². The monoisotopic (exact) mass is 348 g/mol. The second-order valence-corrected chi connectivity index (χ2v) is 6.42. The quantitative estimate of drug-likeness (QED) is 0.433. The zero-order chi connectivity index (χ0) is 14.4. The number of carbonyl (C=O) groups excluding carboxylic acids is 1. The third-order valence-electron chi connectivity index (χ3n) is 2.58. The van der Waals surface area contributed by atoms with Gasteiger partial charge in [-0.05, 0) is 51.8 Å². The maximum Gasteiger partial charge on any atom is 0.195 e. The molecule has 0 aliphatic rings. The smallest absolute Gasteiger partial charge is 0.195 e. The lowest BCUT2D eigenvalue weighted by Gasteiger charge is -1.98. The molecule has 102 valence electrons. The molecule has 0 aliphatic heterocycles. The highest BCUT2D eigenvalue weighted by Gasteiger charge is 2.03. The molecule has 1 heterocycles. The van der Waals surface area contributed by atoms with Gasteiger partial charge in [0, 0.05) is 0 Å². The van der Waals surface area contributed by atoms with Crippen LogP contribution in [-0.4, -0.2) is 12.9 Å². The molecule has 0 fully saturated rings. The van der Waals surface area contributed by atoms with Gasteiger partial charge in [0.15, 0.2) is 5.78 Å². The van der Waals surface area contributed by atoms with Gasteiger partial charge in [0.1, 0.15) is 5.75 Å². The summed E-state index contributed by atoms with van der Waals surface area (Å²) in [7, 11) is 1.64. The molecular formula is C16H13BrO2S. The second kappa shape index (κ2) is 7.22. The minimum atomic E-state index is 0.0140. The lowest BCUT2D eigenvalue weighted by Crippen LogP contribution is -1.87. The largest absolute Gasteiger partial charge is 0.497 e. The van der Waals surface area contributed by atoms with Crippen molar-refractivity contribution in [2.24, 2.45) is 0 Å². The third kappa shape index (κ3) is 4.18. The van der Waals surface area contributed by atoms with Crippen LogP contribution in [0.15, 0.2) is 58.4 Å². The predicted octanol–water partition coefficient (Wildman–Crippen LogP) is 4.97. The van der Waals surface area contributed by atoms with E-state index in [4.69, 9.17) is 4.74 Å². The number of hydrogen-bond donors (Lipinski definition) is 0. The van der Waals surface area contributed by atoms with Crippen molar-refractivity contribution in [3.63, 3.8) is 0 Å². The fourth-order valence-electron chi connectivity index (χ4n) is 1.55. The Kier molecular flexibility index (Phi) is 5.32. The number of halogens is 1. The van der Waals surface area contributed by atoms with Crippen molar-refractivity contribution in [2.45, 2.75) is 0 Å². The van der Waals surface area contributed by atoms with Gasteiger partial charge >= 0.3 is 0 Å². The van der Waals surface area contributed by atoms with Gasteiger partial charge in [0.05, 0.1) is 15.8 Å². The molecule has 0 amide bonds. The van der Waals surface area contributed by atoms with Gasteiger partial charge in [-0.1, -0.05) is 30.4 Å². The predicted molar refractivity (Wildman–Crippen MR) is 87.5 cm³/mol. The van der Waals surface area contributed by atoms with Gasteiger partial charge < -0.3 is 4.74 Å². The Labute approximate surface area is 130 Å². The van der Waals surface area contributed by atoms with Crippen LogP contribution < -0.4 is 4.74 Å². The fourth-order valence-corrected chi connectivity index (χ4v) is 2.86. The zero-order valence-electron chi connectivity index (χ0n) is 10.9. The number of allylic oxidation sites excluding steroid dienone is 3. The van der Waals surface area contributed by atoms with Crippen LogP contribution in [0.1, 0.15) is 15.2 Å². The van der Waals surface area contributed by atoms with Gasteiger partial charge in [-0.25, -0.2) is 0 Å². The van der Waals surface area contributed by atoms with E-state index in [1.165, 1.54) is 11.3 Å². The van der Waals surface area contributed by atoms with Crippen LogP contribution in [0.3, 0.4) is 0 Å². The van der Waals surface area contributed by atoms with E-state index in [2.05, 4.69) is 15.9 Å². The first-order valence-electron chi connectivity index (χ1n) is 5.97. The molecule has 1 aromatic heterocycles. The van der Waals surface area contributed by atoms with Crippen molar-refractivity contribution >= 4 is 39.1 Å². The van der Waals surface area contributed by atoms with E-state index in [9.17, 15) is 4.79 Å². The molecule has 0 bridgehead atoms. The van der Waals surface area contributed by atoms with Crippen molar-refractivity contribution in [3.8, 4) is 5.75 Å². The lowest BCUT2D eigenvalue weighted by atomic mass is 10.2. The van der Waals surface area contributed by atoms with Crippen molar-refractivity contribution in [3.05, 3.63) is 68.9 Å². The standard InChI is InChI=1S/C16H13BrO2S/c1-19-13-8-6-12(7-9-13)4-2-3-5-14(18)15-10-11-16(17)20-15/h2-11H,1H3/b4-2+,5-3+. The summed E-state index contributed by atoms with van der Waals surface area (Å²) in [5, 5.41) is 0. The summed E-state index contributed by atoms with van der Waals surface area (Å²) in [6, 6.07) is 11.4. The molecule has 0 spiro atoms. The van der Waals surface area contributed by atoms with Crippen LogP contribution >= 0.6 is 27.3 Å². The van der Waals surface area contributed by atoms with Crippen LogP contribution in [0.25, 0.3) is 6.08 Å². The van der Waals surface area contributed by atoms with Crippen molar-refractivity contribution < 1.29 is 9.53 Å². The van der Waals surface area contributed by atoms with Gasteiger partial charge in [-0.2, -0.15) is 0 Å². The number of ether oxygens (including phenoxy) is 1. The zero-order valence-corrected chi connectivity index (χ0v) is 13.3. The SMILES string of the molecule is COc1ccc(/C=C/C=C/C(=O)c2ccc(Br)s2)cc1. The summed E-state index contributed by atoms with van der Waals surface area (Å²) in [6.45, 7) is 0. The summed E-state index contributed by atoms with van der Waals surface area (Å²) in [5.41, 5.74) is 1.06. The summed E-state index contributed by atoms with van der Waals surface area (Å²) in [6.07, 6.45) is 7.11. The number of thiophene rings is 1. The molecule has 0 saturated heterocycles. The van der Waals surface area contributed by atoms with Crippen LogP contribution in [0.4, 0.5) is 0 Å². The first kappa shape index (κ1) is 14.8. The van der Waals surface area contributed by atoms with E-state index in [1.807, 2.05) is 48.6 Å². The molecule has 2 nitrogen and oxygen atoms in total. The molecule has 0 aliphatic carbocycles. The minimum Gasteiger partial charge on any atom is -0.497 e. The van der Waals surface area contributed by atoms with Crippen molar-refractivity contribution in [1.29, 1.82) is 0 Å². The molecule has 2 rings (SSSR count). The van der Waals surface area contributed by atoms with E-state index in [1.54, 1.807) is 19.3 Å². The number of hydrogen-bond acceptors (Lipinski definition) is 3. The average Bonchev–Trinajstić information content (AvgIpc) is 2.91. The Morgan fingerprint density at radius 2 is 1.90 bits per heavy atom. The van der Waals surface area contributed by atoms with Gasteiger partial charge in [0.25, 0.3) is 0 Å². The van der Waals surface area contributed by atoms with Gasteiger partial charge in [-0.3, -0.25) is 4.79 Å². The first-order valence-corrected chi connectivity index (χ1v) is 7.58. The maximum absolute atomic E-state index is 11.8. The Morgan fingerprint density at radius 1 is 1.15 bits per heavy atom. The highest BCUT2D eigenvalue weighted by molar-refractivity contribution is 9.11. The normalized spacial score (nSPS) is 11.3. The molecule has 0 saturated carbocycles. The Balaban J connectivity index is 1.94. The van der Waals surface area contributed by atoms with E-state index in [-0.39, 0.29) is 5.78 Å². The summed E-state index contributed by atoms with van der Waals surface area (Å²) in [5.74, 6) is 0.844. The lowest BCUT2D eigenvalue weighted by molar-refractivity contribution is 0.105. The van der Waals surface area contributed by atoms with E-state index >= 15 is 0 Å². The van der Waals surface area contributed by atoms with Crippen LogP contribution in [0.2, 0.25) is 0 Å². The Morgan fingerprint density at radius 3 is 2.50 bits per heavy atom. The van der Waals surface area contributed by atoms with E-state index in [0.717, 1.165) is 20.0 Å². The van der Waals surface area contributed by atoms with Gasteiger partial charge in [-0.15, -0.1) is 11.3 Å². The topological polar surface area (TPSA) is 26.3 Å². The maximum atomic E-state index is 11.8. The average molecular weight is 349 g/mol. The molecular weight excluding hydrogens is 336 g/mol. The second-order valence-electron chi connectivity index (χ2n) is 3.96. The summed E-state index contributed by atoms with van der Waals surface area (Å²) >= 11 is 4.77. The summed E-state index contributed by atoms with van der Waals surface area (Å²) in [4.78, 5) is 12.5. The molecule has 0 radical (unpaired) electrons. The van der Waals surface area contributed by atoms with Crippen molar-refractivity contribution in [2.75, 3.05) is 7.11 Å². The molecule has 1 aromatic carbocycles. The summed E-state index contributed by atoms with van der Waals surface area (Å²) < 4.78 is 6.05. The number of rotatable bonds is 5. The van der Waals surface area contributed by atoms with Crippen molar-refractivity contribution in [1.82, 2.24) is 0 Å². The van der Waals surface area contributed by atoms with Crippen LogP contribution in [0, 0.1) is 0 Å². The molecule has 0 atom stereocenters. The number of methoxy groups -OCH3 is 1. The number of ketones is 1. The molecule has 4 heteroatoms. The molecule has 2 aromatic rings. The number of carbonyl (C=O) groups is 1. The highest BCUT2D eigenvalue weighted by Crippen LogP contribution is 2.22. The highest BCUT2D eigenvalue weighted by atomic mass is 79.9. The van der Waals surface area contributed by atoms with E-state index < -0.39 is 0 Å². The molecule has 20 heavy (non-hydrogen) atoms. The number of benzene rings is 1. The Hall–Kier alpha value is -1.65. The van der Waals surface area contributed by atoms with Crippen LogP contribution in [-0.2, 0) is 0 Å². The molecule has 0 unspecified atom stereocenters. The molecule has 0 N–H and O–H groups in total. The third-order valence-corrected chi connectivity index (χ3v) is 4.22. The van der Waals surface area contributed by atoms with Gasteiger partial charge in [0.2, 0.25) is 0 Å². The fraction of sp³-hybridized carbons (Fsp3) is 0.0625. The van der Waals surface area contributed by atoms with Crippen LogP contribution in [0.5, 0.6) is 5.75 Å². The Bertz CT molecular complexity index is 639. The minimum absolute atomic E-state index is 0.0140.